The summed E-state index contributed by atoms with van der Waals surface area (Å²) in [6.07, 6.45) is 4.22. The zero-order chi connectivity index (χ0) is 16.4. The molecule has 2 heterocycles. The predicted octanol–water partition coefficient (Wildman–Crippen LogP) is 4.11. The van der Waals surface area contributed by atoms with E-state index in [9.17, 15) is 4.79 Å². The van der Waals surface area contributed by atoms with E-state index in [-0.39, 0.29) is 5.91 Å². The van der Waals surface area contributed by atoms with Gasteiger partial charge in [-0.25, -0.2) is 0 Å². The van der Waals surface area contributed by atoms with Crippen LogP contribution in [0.15, 0.2) is 36.5 Å². The SMILES string of the molecule is Cn1cccc1[C@H]1CCCN1CC(=O)Nc1ccc(Cl)cc1Cl. The quantitative estimate of drug-likeness (QED) is 0.899. The molecule has 4 nitrogen and oxygen atoms in total. The molecule has 122 valence electrons. The van der Waals surface area contributed by atoms with Crippen molar-refractivity contribution in [3.05, 3.63) is 52.3 Å². The van der Waals surface area contributed by atoms with Gasteiger partial charge in [-0.15, -0.1) is 0 Å². The van der Waals surface area contributed by atoms with Crippen molar-refractivity contribution in [2.75, 3.05) is 18.4 Å². The summed E-state index contributed by atoms with van der Waals surface area (Å²) >= 11 is 12.0. The lowest BCUT2D eigenvalue weighted by Gasteiger charge is -2.24. The van der Waals surface area contributed by atoms with Gasteiger partial charge in [-0.1, -0.05) is 23.2 Å². The van der Waals surface area contributed by atoms with Gasteiger partial charge in [-0.05, 0) is 49.7 Å². The molecule has 1 aromatic heterocycles. The fourth-order valence-corrected chi connectivity index (χ4v) is 3.59. The van der Waals surface area contributed by atoms with Gasteiger partial charge in [0.15, 0.2) is 0 Å². The predicted molar refractivity (Wildman–Crippen MR) is 94.1 cm³/mol. The molecule has 1 fully saturated rings. The maximum absolute atomic E-state index is 12.4. The van der Waals surface area contributed by atoms with E-state index in [0.29, 0.717) is 28.3 Å². The third-order valence-corrected chi connectivity index (χ3v) is 4.79. The smallest absolute Gasteiger partial charge is 0.238 e. The maximum Gasteiger partial charge on any atom is 0.238 e. The van der Waals surface area contributed by atoms with E-state index < -0.39 is 0 Å². The minimum Gasteiger partial charge on any atom is -0.353 e. The second kappa shape index (κ2) is 6.95. The average molecular weight is 352 g/mol. The molecule has 0 spiro atoms. The molecule has 1 aliphatic rings. The molecular formula is C17H19Cl2N3O. The molecule has 3 rings (SSSR count). The van der Waals surface area contributed by atoms with Crippen molar-refractivity contribution in [2.45, 2.75) is 18.9 Å². The normalized spacial score (nSPS) is 18.3. The van der Waals surface area contributed by atoms with E-state index in [4.69, 9.17) is 23.2 Å². The third-order valence-electron chi connectivity index (χ3n) is 4.24. The number of halogens is 2. The standard InChI is InChI=1S/C17H19Cl2N3O/c1-21-8-2-4-15(21)16-5-3-9-22(16)11-17(23)20-14-7-6-12(18)10-13(14)19/h2,4,6-8,10,16H,3,5,9,11H2,1H3,(H,20,23)/t16-/m1/s1. The Labute approximate surface area is 146 Å². The molecule has 1 N–H and O–H groups in total. The van der Waals surface area contributed by atoms with Gasteiger partial charge < -0.3 is 9.88 Å². The lowest BCUT2D eigenvalue weighted by Crippen LogP contribution is -2.33. The highest BCUT2D eigenvalue weighted by Crippen LogP contribution is 2.32. The molecule has 1 aliphatic heterocycles. The second-order valence-corrected chi connectivity index (χ2v) is 6.69. The first-order chi connectivity index (χ1) is 11.0. The number of nitrogens with zero attached hydrogens (tertiary/aromatic N) is 2. The topological polar surface area (TPSA) is 37.3 Å². The number of benzene rings is 1. The maximum atomic E-state index is 12.4. The number of likely N-dealkylation sites (tertiary alicyclic amines) is 1. The number of rotatable bonds is 4. The molecule has 6 heteroatoms. The van der Waals surface area contributed by atoms with E-state index >= 15 is 0 Å². The molecule has 0 unspecified atom stereocenters. The number of carbonyl (C=O) groups is 1. The van der Waals surface area contributed by atoms with Crippen LogP contribution in [-0.2, 0) is 11.8 Å². The van der Waals surface area contributed by atoms with Gasteiger partial charge in [-0.3, -0.25) is 9.69 Å². The van der Waals surface area contributed by atoms with Gasteiger partial charge in [0, 0.05) is 24.0 Å². The van der Waals surface area contributed by atoms with Crippen molar-refractivity contribution in [3.63, 3.8) is 0 Å². The molecular weight excluding hydrogens is 333 g/mol. The zero-order valence-corrected chi connectivity index (χ0v) is 14.4. The summed E-state index contributed by atoms with van der Waals surface area (Å²) in [5, 5.41) is 3.87. The monoisotopic (exact) mass is 351 g/mol. The first-order valence-electron chi connectivity index (χ1n) is 7.65. The highest BCUT2D eigenvalue weighted by atomic mass is 35.5. The summed E-state index contributed by atoms with van der Waals surface area (Å²) in [7, 11) is 2.04. The Balaban J connectivity index is 1.66. The Morgan fingerprint density at radius 3 is 2.87 bits per heavy atom. The fourth-order valence-electron chi connectivity index (χ4n) is 3.14. The van der Waals surface area contributed by atoms with Gasteiger partial charge in [0.2, 0.25) is 5.91 Å². The van der Waals surface area contributed by atoms with Crippen LogP contribution >= 0.6 is 23.2 Å². The van der Waals surface area contributed by atoms with Crippen molar-refractivity contribution < 1.29 is 4.79 Å². The van der Waals surface area contributed by atoms with Crippen molar-refractivity contribution in [3.8, 4) is 0 Å². The third kappa shape index (κ3) is 3.71. The molecule has 1 amide bonds. The van der Waals surface area contributed by atoms with Crippen molar-refractivity contribution >= 4 is 34.8 Å². The molecule has 2 aromatic rings. The Hall–Kier alpha value is -1.49. The average Bonchev–Trinajstić information content (AvgIpc) is 3.10. The molecule has 0 radical (unpaired) electrons. The van der Waals surface area contributed by atoms with Crippen LogP contribution in [0.2, 0.25) is 10.0 Å². The van der Waals surface area contributed by atoms with E-state index in [1.165, 1.54) is 5.69 Å². The van der Waals surface area contributed by atoms with Crippen molar-refractivity contribution in [1.29, 1.82) is 0 Å². The van der Waals surface area contributed by atoms with Gasteiger partial charge in [0.05, 0.1) is 23.3 Å². The first-order valence-corrected chi connectivity index (χ1v) is 8.40. The van der Waals surface area contributed by atoms with Crippen LogP contribution in [0.3, 0.4) is 0 Å². The highest BCUT2D eigenvalue weighted by Gasteiger charge is 2.29. The van der Waals surface area contributed by atoms with Gasteiger partial charge in [0.1, 0.15) is 0 Å². The van der Waals surface area contributed by atoms with E-state index in [2.05, 4.69) is 20.9 Å². The molecule has 1 atom stereocenters. The van der Waals surface area contributed by atoms with E-state index in [1.54, 1.807) is 18.2 Å². The number of amides is 1. The Bertz CT molecular complexity index is 714. The van der Waals surface area contributed by atoms with Crippen LogP contribution in [0.4, 0.5) is 5.69 Å². The summed E-state index contributed by atoms with van der Waals surface area (Å²) in [5.74, 6) is -0.0599. The summed E-state index contributed by atoms with van der Waals surface area (Å²) in [6.45, 7) is 1.28. The van der Waals surface area contributed by atoms with Gasteiger partial charge in [0.25, 0.3) is 0 Å². The minimum atomic E-state index is -0.0599. The van der Waals surface area contributed by atoms with E-state index in [0.717, 1.165) is 19.4 Å². The number of aryl methyl sites for hydroxylation is 1. The minimum absolute atomic E-state index is 0.0599. The molecule has 0 bridgehead atoms. The Kier molecular flexibility index (Phi) is 4.95. The summed E-state index contributed by atoms with van der Waals surface area (Å²) in [4.78, 5) is 14.6. The van der Waals surface area contributed by atoms with Crippen LogP contribution in [0.25, 0.3) is 0 Å². The second-order valence-electron chi connectivity index (χ2n) is 5.84. The van der Waals surface area contributed by atoms with Gasteiger partial charge in [-0.2, -0.15) is 0 Å². The molecule has 0 saturated carbocycles. The van der Waals surface area contributed by atoms with Crippen LogP contribution in [-0.4, -0.2) is 28.5 Å². The highest BCUT2D eigenvalue weighted by molar-refractivity contribution is 6.36. The van der Waals surface area contributed by atoms with Crippen LogP contribution in [0, 0.1) is 0 Å². The van der Waals surface area contributed by atoms with Crippen LogP contribution in [0.1, 0.15) is 24.6 Å². The van der Waals surface area contributed by atoms with E-state index in [1.807, 2.05) is 19.3 Å². The molecule has 23 heavy (non-hydrogen) atoms. The number of hydrogen-bond donors (Lipinski definition) is 1. The fraction of sp³-hybridized carbons (Fsp3) is 0.353. The summed E-state index contributed by atoms with van der Waals surface area (Å²) in [6, 6.07) is 9.52. The first kappa shape index (κ1) is 16.4. The Morgan fingerprint density at radius 2 is 2.17 bits per heavy atom. The number of carbonyl (C=O) groups excluding carboxylic acids is 1. The number of nitrogens with one attached hydrogen (secondary N) is 1. The number of aromatic nitrogens is 1. The molecule has 0 aliphatic carbocycles. The number of anilines is 1. The van der Waals surface area contributed by atoms with Gasteiger partial charge >= 0.3 is 0 Å². The Morgan fingerprint density at radius 1 is 1.35 bits per heavy atom. The van der Waals surface area contributed by atoms with Crippen LogP contribution < -0.4 is 5.32 Å². The largest absolute Gasteiger partial charge is 0.353 e. The molecule has 1 aromatic carbocycles. The number of hydrogen-bond acceptors (Lipinski definition) is 2. The van der Waals surface area contributed by atoms with Crippen LogP contribution in [0.5, 0.6) is 0 Å². The van der Waals surface area contributed by atoms with Crippen molar-refractivity contribution in [1.82, 2.24) is 9.47 Å². The lowest BCUT2D eigenvalue weighted by molar-refractivity contribution is -0.117. The summed E-state index contributed by atoms with van der Waals surface area (Å²) < 4.78 is 2.12. The lowest BCUT2D eigenvalue weighted by atomic mass is 10.1. The molecule has 1 saturated heterocycles. The van der Waals surface area contributed by atoms with Crippen molar-refractivity contribution in [2.24, 2.45) is 7.05 Å². The summed E-state index contributed by atoms with van der Waals surface area (Å²) in [5.41, 5.74) is 1.84. The zero-order valence-electron chi connectivity index (χ0n) is 12.9.